The maximum absolute atomic E-state index is 12.8. The lowest BCUT2D eigenvalue weighted by Gasteiger charge is -2.36. The predicted molar refractivity (Wildman–Crippen MR) is 111 cm³/mol. The standard InChI is InChI=1S/C22H22ClN3O/c1-2-16-3-5-17(6-4-16)22(27)26-13-11-25(12-14-26)21-9-10-24-20-15-18(23)7-8-19(20)21/h3-10,15H,2,11-14H2,1H3. The molecule has 1 fully saturated rings. The first-order valence-corrected chi connectivity index (χ1v) is 9.71. The van der Waals surface area contributed by atoms with Gasteiger partial charge >= 0.3 is 0 Å². The number of amides is 1. The van der Waals surface area contributed by atoms with Crippen molar-refractivity contribution in [1.82, 2.24) is 9.88 Å². The molecule has 0 atom stereocenters. The number of piperazine rings is 1. The Bertz CT molecular complexity index is 963. The van der Waals surface area contributed by atoms with Crippen LogP contribution in [0, 0.1) is 0 Å². The van der Waals surface area contributed by atoms with Gasteiger partial charge in [0.25, 0.3) is 5.91 Å². The van der Waals surface area contributed by atoms with Crippen molar-refractivity contribution in [1.29, 1.82) is 0 Å². The fourth-order valence-corrected chi connectivity index (χ4v) is 3.76. The molecule has 0 spiro atoms. The molecule has 1 saturated heterocycles. The smallest absolute Gasteiger partial charge is 0.253 e. The SMILES string of the molecule is CCc1ccc(C(=O)N2CCN(c3ccnc4cc(Cl)ccc34)CC2)cc1. The second kappa shape index (κ2) is 7.57. The van der Waals surface area contributed by atoms with E-state index in [9.17, 15) is 4.79 Å². The third-order valence-corrected chi connectivity index (χ3v) is 5.43. The van der Waals surface area contributed by atoms with Crippen molar-refractivity contribution in [2.24, 2.45) is 0 Å². The number of carbonyl (C=O) groups is 1. The minimum absolute atomic E-state index is 0.115. The largest absolute Gasteiger partial charge is 0.367 e. The van der Waals surface area contributed by atoms with Gasteiger partial charge in [0, 0.05) is 54.0 Å². The number of pyridine rings is 1. The number of rotatable bonds is 3. The fourth-order valence-electron chi connectivity index (χ4n) is 3.60. The number of carbonyl (C=O) groups excluding carboxylic acids is 1. The Morgan fingerprint density at radius 1 is 1.04 bits per heavy atom. The monoisotopic (exact) mass is 379 g/mol. The first-order chi connectivity index (χ1) is 13.2. The van der Waals surface area contributed by atoms with Gasteiger partial charge in [0.1, 0.15) is 0 Å². The zero-order valence-electron chi connectivity index (χ0n) is 15.4. The topological polar surface area (TPSA) is 36.4 Å². The minimum atomic E-state index is 0.115. The van der Waals surface area contributed by atoms with E-state index >= 15 is 0 Å². The van der Waals surface area contributed by atoms with Gasteiger partial charge in [0.05, 0.1) is 5.52 Å². The summed E-state index contributed by atoms with van der Waals surface area (Å²) in [4.78, 5) is 21.5. The zero-order valence-corrected chi connectivity index (χ0v) is 16.1. The van der Waals surface area contributed by atoms with Crippen LogP contribution in [0.1, 0.15) is 22.8 Å². The van der Waals surface area contributed by atoms with Gasteiger partial charge in [-0.05, 0) is 48.4 Å². The summed E-state index contributed by atoms with van der Waals surface area (Å²) in [5.41, 5.74) is 4.07. The van der Waals surface area contributed by atoms with Crippen LogP contribution in [0.25, 0.3) is 10.9 Å². The summed E-state index contributed by atoms with van der Waals surface area (Å²) >= 11 is 6.09. The summed E-state index contributed by atoms with van der Waals surface area (Å²) in [7, 11) is 0. The van der Waals surface area contributed by atoms with Gasteiger partial charge < -0.3 is 9.80 Å². The van der Waals surface area contributed by atoms with E-state index in [0.717, 1.165) is 41.7 Å². The normalized spacial score (nSPS) is 14.6. The highest BCUT2D eigenvalue weighted by atomic mass is 35.5. The molecule has 0 saturated carbocycles. The maximum Gasteiger partial charge on any atom is 0.253 e. The number of hydrogen-bond donors (Lipinski definition) is 0. The Morgan fingerprint density at radius 3 is 2.48 bits per heavy atom. The summed E-state index contributed by atoms with van der Waals surface area (Å²) in [6, 6.07) is 15.8. The van der Waals surface area contributed by atoms with Crippen molar-refractivity contribution >= 4 is 34.1 Å². The molecule has 1 amide bonds. The predicted octanol–water partition coefficient (Wildman–Crippen LogP) is 4.41. The first kappa shape index (κ1) is 17.8. The van der Waals surface area contributed by atoms with Gasteiger partial charge in [0.15, 0.2) is 0 Å². The van der Waals surface area contributed by atoms with Crippen LogP contribution in [-0.4, -0.2) is 42.0 Å². The van der Waals surface area contributed by atoms with Crippen LogP contribution in [0.5, 0.6) is 0 Å². The third-order valence-electron chi connectivity index (χ3n) is 5.20. The molecule has 5 heteroatoms. The first-order valence-electron chi connectivity index (χ1n) is 9.33. The Balaban J connectivity index is 1.48. The average molecular weight is 380 g/mol. The molecular formula is C22H22ClN3O. The summed E-state index contributed by atoms with van der Waals surface area (Å²) in [5.74, 6) is 0.115. The number of aromatic nitrogens is 1. The Morgan fingerprint density at radius 2 is 1.78 bits per heavy atom. The lowest BCUT2D eigenvalue weighted by Crippen LogP contribution is -2.48. The van der Waals surface area contributed by atoms with Crippen LogP contribution < -0.4 is 4.90 Å². The molecule has 3 aromatic rings. The lowest BCUT2D eigenvalue weighted by molar-refractivity contribution is 0.0747. The van der Waals surface area contributed by atoms with Crippen LogP contribution in [0.3, 0.4) is 0 Å². The van der Waals surface area contributed by atoms with Crippen molar-refractivity contribution in [3.05, 3.63) is 70.9 Å². The number of fused-ring (bicyclic) bond motifs is 1. The fraction of sp³-hybridized carbons (Fsp3) is 0.273. The van der Waals surface area contributed by atoms with E-state index < -0.39 is 0 Å². The average Bonchev–Trinajstić information content (AvgIpc) is 2.73. The molecule has 1 aromatic heterocycles. The van der Waals surface area contributed by atoms with E-state index in [1.165, 1.54) is 5.56 Å². The van der Waals surface area contributed by atoms with Crippen molar-refractivity contribution in [3.63, 3.8) is 0 Å². The molecule has 0 N–H and O–H groups in total. The van der Waals surface area contributed by atoms with Gasteiger partial charge in [-0.3, -0.25) is 9.78 Å². The molecule has 1 aliphatic heterocycles. The van der Waals surface area contributed by atoms with Crippen LogP contribution in [0.2, 0.25) is 5.02 Å². The van der Waals surface area contributed by atoms with Crippen molar-refractivity contribution in [2.75, 3.05) is 31.1 Å². The molecule has 0 unspecified atom stereocenters. The van der Waals surface area contributed by atoms with E-state index in [1.807, 2.05) is 59.6 Å². The number of aryl methyl sites for hydroxylation is 1. The summed E-state index contributed by atoms with van der Waals surface area (Å²) in [6.45, 7) is 5.16. The van der Waals surface area contributed by atoms with Crippen LogP contribution in [0.15, 0.2) is 54.7 Å². The van der Waals surface area contributed by atoms with E-state index in [0.29, 0.717) is 18.1 Å². The molecule has 27 heavy (non-hydrogen) atoms. The summed E-state index contributed by atoms with van der Waals surface area (Å²) in [6.07, 6.45) is 2.80. The Kier molecular flexibility index (Phi) is 4.99. The second-order valence-corrected chi connectivity index (χ2v) is 7.26. The highest BCUT2D eigenvalue weighted by molar-refractivity contribution is 6.31. The Labute approximate surface area is 164 Å². The molecule has 4 rings (SSSR count). The van der Waals surface area contributed by atoms with Gasteiger partial charge in [-0.15, -0.1) is 0 Å². The minimum Gasteiger partial charge on any atom is -0.367 e. The van der Waals surface area contributed by atoms with Crippen LogP contribution >= 0.6 is 11.6 Å². The molecule has 0 aliphatic carbocycles. The number of hydrogen-bond acceptors (Lipinski definition) is 3. The molecule has 2 heterocycles. The maximum atomic E-state index is 12.8. The number of nitrogens with zero attached hydrogens (tertiary/aromatic N) is 3. The van der Waals surface area contributed by atoms with Gasteiger partial charge in [-0.2, -0.15) is 0 Å². The van der Waals surface area contributed by atoms with Gasteiger partial charge in [-0.25, -0.2) is 0 Å². The quantitative estimate of drug-likeness (QED) is 0.676. The molecule has 1 aliphatic rings. The number of anilines is 1. The highest BCUT2D eigenvalue weighted by Crippen LogP contribution is 2.28. The van der Waals surface area contributed by atoms with E-state index in [4.69, 9.17) is 11.6 Å². The van der Waals surface area contributed by atoms with Crippen molar-refractivity contribution in [3.8, 4) is 0 Å². The van der Waals surface area contributed by atoms with Gasteiger partial charge in [-0.1, -0.05) is 30.7 Å². The van der Waals surface area contributed by atoms with E-state index in [1.54, 1.807) is 0 Å². The zero-order chi connectivity index (χ0) is 18.8. The molecule has 4 nitrogen and oxygen atoms in total. The molecule has 2 aromatic carbocycles. The molecular weight excluding hydrogens is 358 g/mol. The van der Waals surface area contributed by atoms with E-state index in [2.05, 4.69) is 16.8 Å². The Hall–Kier alpha value is -2.59. The number of halogens is 1. The van der Waals surface area contributed by atoms with E-state index in [-0.39, 0.29) is 5.91 Å². The molecule has 0 radical (unpaired) electrons. The van der Waals surface area contributed by atoms with Crippen molar-refractivity contribution < 1.29 is 4.79 Å². The van der Waals surface area contributed by atoms with Crippen molar-refractivity contribution in [2.45, 2.75) is 13.3 Å². The van der Waals surface area contributed by atoms with Gasteiger partial charge in [0.2, 0.25) is 0 Å². The summed E-state index contributed by atoms with van der Waals surface area (Å²) in [5, 5.41) is 1.79. The van der Waals surface area contributed by atoms with Crippen LogP contribution in [-0.2, 0) is 6.42 Å². The molecule has 0 bridgehead atoms. The van der Waals surface area contributed by atoms with Crippen LogP contribution in [0.4, 0.5) is 5.69 Å². The second-order valence-electron chi connectivity index (χ2n) is 6.82. The third kappa shape index (κ3) is 3.62. The number of benzene rings is 2. The summed E-state index contributed by atoms with van der Waals surface area (Å²) < 4.78 is 0. The lowest BCUT2D eigenvalue weighted by atomic mass is 10.1. The molecule has 138 valence electrons. The highest BCUT2D eigenvalue weighted by Gasteiger charge is 2.23.